The Labute approximate surface area is 99.8 Å². The number of hydrogen-bond acceptors (Lipinski definition) is 2. The third-order valence-corrected chi connectivity index (χ3v) is 3.36. The molecule has 0 fully saturated rings. The first-order valence-corrected chi connectivity index (χ1v) is 5.80. The van der Waals surface area contributed by atoms with Gasteiger partial charge in [0.2, 0.25) is 5.06 Å². The highest BCUT2D eigenvalue weighted by molar-refractivity contribution is 6.49. The van der Waals surface area contributed by atoms with E-state index in [9.17, 15) is 4.79 Å². The van der Waals surface area contributed by atoms with Crippen molar-refractivity contribution in [3.05, 3.63) is 0 Å². The van der Waals surface area contributed by atoms with Gasteiger partial charge < -0.3 is 4.74 Å². The quantitative estimate of drug-likeness (QED) is 0.557. The van der Waals surface area contributed by atoms with Gasteiger partial charge in [-0.15, -0.1) is 0 Å². The second-order valence-electron chi connectivity index (χ2n) is 3.22. The summed E-state index contributed by atoms with van der Waals surface area (Å²) in [5.41, 5.74) is 0. The van der Waals surface area contributed by atoms with Crippen molar-refractivity contribution < 1.29 is 9.53 Å². The lowest BCUT2D eigenvalue weighted by molar-refractivity contribution is -0.155. The molecular weight excluding hydrogens is 246 g/mol. The van der Waals surface area contributed by atoms with E-state index >= 15 is 0 Å². The average Bonchev–Trinajstić information content (AvgIpc) is 2.05. The fourth-order valence-corrected chi connectivity index (χ4v) is 1.11. The molecule has 0 N–H and O–H groups in total. The van der Waals surface area contributed by atoms with Crippen LogP contribution in [0.25, 0.3) is 0 Å². The molecule has 0 heterocycles. The van der Waals surface area contributed by atoms with E-state index in [0.29, 0.717) is 0 Å². The van der Waals surface area contributed by atoms with Crippen LogP contribution in [0.2, 0.25) is 0 Å². The lowest BCUT2D eigenvalue weighted by Gasteiger charge is -2.25. The van der Waals surface area contributed by atoms with Crippen molar-refractivity contribution in [2.45, 2.75) is 43.5 Å². The summed E-state index contributed by atoms with van der Waals surface area (Å²) in [5.74, 6) is -0.487. The minimum absolute atomic E-state index is 0.139. The van der Waals surface area contributed by atoms with Crippen LogP contribution in [0.5, 0.6) is 0 Å². The van der Waals surface area contributed by atoms with Gasteiger partial charge >= 0.3 is 5.97 Å². The van der Waals surface area contributed by atoms with Crippen LogP contribution in [0.1, 0.15) is 33.6 Å². The molecule has 5 heteroatoms. The lowest BCUT2D eigenvalue weighted by atomic mass is 10.0. The third-order valence-electron chi connectivity index (χ3n) is 2.01. The van der Waals surface area contributed by atoms with Gasteiger partial charge in [0, 0.05) is 0 Å². The Kier molecular flexibility index (Phi) is 6.19. The SMILES string of the molecule is CCC(CC)C(=O)OC(C)(Cl)C(Cl)Cl. The summed E-state index contributed by atoms with van der Waals surface area (Å²) in [6.07, 6.45) is 1.44. The van der Waals surface area contributed by atoms with Crippen LogP contribution >= 0.6 is 34.8 Å². The van der Waals surface area contributed by atoms with E-state index in [4.69, 9.17) is 39.5 Å². The highest BCUT2D eigenvalue weighted by Gasteiger charge is 2.35. The van der Waals surface area contributed by atoms with Gasteiger partial charge in [0.15, 0.2) is 4.84 Å². The molecule has 0 aliphatic rings. The van der Waals surface area contributed by atoms with Crippen molar-refractivity contribution in [2.75, 3.05) is 0 Å². The smallest absolute Gasteiger partial charge is 0.310 e. The van der Waals surface area contributed by atoms with Crippen molar-refractivity contribution in [3.63, 3.8) is 0 Å². The predicted molar refractivity (Wildman–Crippen MR) is 59.9 cm³/mol. The molecule has 0 aliphatic heterocycles. The van der Waals surface area contributed by atoms with E-state index < -0.39 is 9.90 Å². The van der Waals surface area contributed by atoms with Gasteiger partial charge in [-0.05, 0) is 19.8 Å². The van der Waals surface area contributed by atoms with Crippen molar-refractivity contribution in [3.8, 4) is 0 Å². The van der Waals surface area contributed by atoms with Crippen LogP contribution < -0.4 is 0 Å². The molecule has 0 spiro atoms. The fourth-order valence-electron chi connectivity index (χ4n) is 0.947. The highest BCUT2D eigenvalue weighted by Crippen LogP contribution is 2.30. The van der Waals surface area contributed by atoms with Gasteiger partial charge in [-0.3, -0.25) is 4.79 Å². The lowest BCUT2D eigenvalue weighted by Crippen LogP contribution is -2.34. The Morgan fingerprint density at radius 2 is 1.79 bits per heavy atom. The minimum Gasteiger partial charge on any atom is -0.440 e. The summed E-state index contributed by atoms with van der Waals surface area (Å²) in [5, 5.41) is -1.34. The molecule has 1 unspecified atom stereocenters. The molecule has 0 aromatic carbocycles. The van der Waals surface area contributed by atoms with Crippen molar-refractivity contribution >= 4 is 40.8 Å². The summed E-state index contributed by atoms with van der Waals surface area (Å²) in [6.45, 7) is 5.30. The number of rotatable bonds is 5. The Morgan fingerprint density at radius 1 is 1.36 bits per heavy atom. The normalized spacial score (nSPS) is 15.7. The number of carbonyl (C=O) groups is 1. The monoisotopic (exact) mass is 260 g/mol. The largest absolute Gasteiger partial charge is 0.440 e. The number of ether oxygens (including phenoxy) is 1. The first kappa shape index (κ1) is 14.3. The minimum atomic E-state index is -1.34. The standard InChI is InChI=1S/C9H15Cl3O2/c1-4-6(5-2)7(13)14-9(3,12)8(10)11/h6,8H,4-5H2,1-3H3. The topological polar surface area (TPSA) is 26.3 Å². The molecule has 0 radical (unpaired) electrons. The van der Waals surface area contributed by atoms with E-state index in [1.165, 1.54) is 6.92 Å². The molecule has 0 aromatic heterocycles. The van der Waals surface area contributed by atoms with Crippen molar-refractivity contribution in [1.82, 2.24) is 0 Å². The van der Waals surface area contributed by atoms with Gasteiger partial charge in [0.25, 0.3) is 0 Å². The Bertz CT molecular complexity index is 188. The summed E-state index contributed by atoms with van der Waals surface area (Å²) in [4.78, 5) is 10.6. The molecule has 0 amide bonds. The highest BCUT2D eigenvalue weighted by atomic mass is 35.5. The zero-order valence-corrected chi connectivity index (χ0v) is 10.8. The second-order valence-corrected chi connectivity index (χ2v) is 5.07. The maximum absolute atomic E-state index is 11.5. The molecule has 0 saturated heterocycles. The van der Waals surface area contributed by atoms with Gasteiger partial charge in [-0.1, -0.05) is 48.7 Å². The van der Waals surface area contributed by atoms with E-state index in [2.05, 4.69) is 0 Å². The third kappa shape index (κ3) is 4.24. The zero-order chi connectivity index (χ0) is 11.4. The number of halogens is 3. The molecule has 2 nitrogen and oxygen atoms in total. The summed E-state index contributed by atoms with van der Waals surface area (Å²) in [6, 6.07) is 0. The average molecular weight is 262 g/mol. The van der Waals surface area contributed by atoms with Gasteiger partial charge in [0.05, 0.1) is 5.92 Å². The molecule has 84 valence electrons. The van der Waals surface area contributed by atoms with E-state index in [-0.39, 0.29) is 11.9 Å². The molecule has 0 saturated carbocycles. The van der Waals surface area contributed by atoms with Crippen LogP contribution in [-0.2, 0) is 9.53 Å². The zero-order valence-electron chi connectivity index (χ0n) is 8.52. The van der Waals surface area contributed by atoms with E-state index in [0.717, 1.165) is 12.8 Å². The first-order chi connectivity index (χ1) is 6.35. The second kappa shape index (κ2) is 6.04. The number of esters is 1. The molecule has 1 atom stereocenters. The number of carbonyl (C=O) groups excluding carboxylic acids is 1. The summed E-state index contributed by atoms with van der Waals surface area (Å²) >= 11 is 16.9. The van der Waals surface area contributed by atoms with Gasteiger partial charge in [0.1, 0.15) is 0 Å². The Hall–Kier alpha value is 0.340. The molecule has 0 rings (SSSR count). The van der Waals surface area contributed by atoms with Crippen LogP contribution in [0.3, 0.4) is 0 Å². The number of alkyl halides is 3. The van der Waals surface area contributed by atoms with Crippen LogP contribution in [0.4, 0.5) is 0 Å². The maximum atomic E-state index is 11.5. The summed E-state index contributed by atoms with van der Waals surface area (Å²) in [7, 11) is 0. The molecule has 0 aromatic rings. The van der Waals surface area contributed by atoms with E-state index in [1.807, 2.05) is 13.8 Å². The maximum Gasteiger partial charge on any atom is 0.310 e. The summed E-state index contributed by atoms with van der Waals surface area (Å²) < 4.78 is 5.01. The van der Waals surface area contributed by atoms with E-state index in [1.54, 1.807) is 0 Å². The fraction of sp³-hybridized carbons (Fsp3) is 0.889. The van der Waals surface area contributed by atoms with Gasteiger partial charge in [-0.2, -0.15) is 0 Å². The van der Waals surface area contributed by atoms with Crippen LogP contribution in [0.15, 0.2) is 0 Å². The molecule has 14 heavy (non-hydrogen) atoms. The molecular formula is C9H15Cl3O2. The van der Waals surface area contributed by atoms with Crippen molar-refractivity contribution in [2.24, 2.45) is 5.92 Å². The number of hydrogen-bond donors (Lipinski definition) is 0. The first-order valence-electron chi connectivity index (χ1n) is 4.55. The van der Waals surface area contributed by atoms with Crippen molar-refractivity contribution in [1.29, 1.82) is 0 Å². The molecule has 0 aliphatic carbocycles. The Balaban J connectivity index is 4.30. The van der Waals surface area contributed by atoms with Crippen LogP contribution in [0, 0.1) is 5.92 Å². The van der Waals surface area contributed by atoms with Gasteiger partial charge in [-0.25, -0.2) is 0 Å². The predicted octanol–water partition coefficient (Wildman–Crippen LogP) is 3.72. The van der Waals surface area contributed by atoms with Crippen LogP contribution in [-0.4, -0.2) is 15.9 Å². The Morgan fingerprint density at radius 3 is 2.07 bits per heavy atom. The molecule has 0 bridgehead atoms.